The number of amides is 3. The van der Waals surface area contributed by atoms with Gasteiger partial charge in [-0.15, -0.1) is 0 Å². The maximum Gasteiger partial charge on any atom is 0.222 e. The number of likely N-dealkylation sites (tertiary alicyclic amines) is 1. The third-order valence-electron chi connectivity index (χ3n) is 21.4. The Bertz CT molecular complexity index is 2410. The number of Topliss-reactive ketones (excluding diaryl/α,β-unsaturated/α-hetero) is 5. The first-order valence-corrected chi connectivity index (χ1v) is 41.9. The molecule has 4 aliphatic heterocycles. The topological polar surface area (TPSA) is 458 Å². The van der Waals surface area contributed by atoms with Crippen LogP contribution >= 0.6 is 0 Å². The van der Waals surface area contributed by atoms with Crippen LogP contribution in [0.3, 0.4) is 0 Å². The number of carbonyl (C=O) groups excluding carboxylic acids is 8. The summed E-state index contributed by atoms with van der Waals surface area (Å²) < 4.78 is 58.4. The first-order valence-electron chi connectivity index (χ1n) is 41.9. The molecule has 12 N–H and O–H groups in total. The molecule has 31 nitrogen and oxygen atoms in total. The quantitative estimate of drug-likeness (QED) is 0.0376. The van der Waals surface area contributed by atoms with Gasteiger partial charge in [-0.05, 0) is 110 Å². The van der Waals surface area contributed by atoms with Crippen molar-refractivity contribution in [2.45, 2.75) is 351 Å². The van der Waals surface area contributed by atoms with E-state index in [-0.39, 0.29) is 157 Å². The molecule has 6 unspecified atom stereocenters. The Labute approximate surface area is 663 Å². The minimum absolute atomic E-state index is 0.00000114. The van der Waals surface area contributed by atoms with Crippen LogP contribution in [0.5, 0.6) is 0 Å². The predicted octanol–water partition coefficient (Wildman–Crippen LogP) is 4.39. The molecule has 3 amide bonds. The van der Waals surface area contributed by atoms with E-state index in [4.69, 9.17) is 47.4 Å². The van der Waals surface area contributed by atoms with Crippen LogP contribution in [-0.2, 0) is 85.7 Å². The molecule has 0 aromatic heterocycles. The Morgan fingerprint density at radius 2 is 0.732 bits per heavy atom. The molecule has 0 aliphatic carbocycles. The number of hydrogen-bond donors (Lipinski definition) is 12. The van der Waals surface area contributed by atoms with Gasteiger partial charge in [0.1, 0.15) is 71.1 Å². The summed E-state index contributed by atoms with van der Waals surface area (Å²) in [4.78, 5) is 107. The molecule has 0 aromatic carbocycles. The summed E-state index contributed by atoms with van der Waals surface area (Å²) in [6.07, 6.45) is 3.58. The normalized spacial score (nSPS) is 26.6. The lowest BCUT2D eigenvalue weighted by Gasteiger charge is -2.40. The van der Waals surface area contributed by atoms with Gasteiger partial charge in [-0.1, -0.05) is 59.3 Å². The van der Waals surface area contributed by atoms with Crippen molar-refractivity contribution >= 4 is 46.6 Å². The fourth-order valence-corrected chi connectivity index (χ4v) is 14.1. The van der Waals surface area contributed by atoms with E-state index in [0.29, 0.717) is 174 Å². The summed E-state index contributed by atoms with van der Waals surface area (Å²) in [5.74, 6) is -1.99. The molecule has 4 fully saturated rings. The van der Waals surface area contributed by atoms with Crippen LogP contribution in [0.1, 0.15) is 253 Å². The molecular formula is C81H143N3O28. The van der Waals surface area contributed by atoms with Gasteiger partial charge in [-0.2, -0.15) is 0 Å². The van der Waals surface area contributed by atoms with E-state index in [0.717, 1.165) is 25.7 Å². The molecule has 4 aliphatic rings. The van der Waals surface area contributed by atoms with Crippen LogP contribution in [0.25, 0.3) is 0 Å². The molecule has 650 valence electrons. The highest BCUT2D eigenvalue weighted by atomic mass is 16.7. The van der Waals surface area contributed by atoms with Crippen molar-refractivity contribution in [2.24, 2.45) is 17.8 Å². The number of aliphatic hydroxyl groups is 10. The minimum Gasteiger partial charge on any atom is -0.394 e. The van der Waals surface area contributed by atoms with Gasteiger partial charge >= 0.3 is 0 Å². The monoisotopic (exact) mass is 1610 g/mol. The maximum absolute atomic E-state index is 14.1. The lowest BCUT2D eigenvalue weighted by atomic mass is 9.92. The lowest BCUT2D eigenvalue weighted by Crippen LogP contribution is -2.58. The van der Waals surface area contributed by atoms with Gasteiger partial charge in [0.2, 0.25) is 17.7 Å². The second kappa shape index (κ2) is 57.9. The number of ketones is 5. The van der Waals surface area contributed by atoms with Crippen molar-refractivity contribution in [3.63, 3.8) is 0 Å². The second-order valence-electron chi connectivity index (χ2n) is 31.6. The summed E-state index contributed by atoms with van der Waals surface area (Å²) in [6.45, 7) is 8.81. The number of β-amino-alcohol motifs (C(OH)–C–C–N with tert-alkyl or cyclic N) is 1. The Hall–Kier alpha value is -4.04. The molecule has 0 radical (unpaired) electrons. The smallest absolute Gasteiger partial charge is 0.222 e. The molecule has 4 heterocycles. The Balaban J connectivity index is 1.28. The van der Waals surface area contributed by atoms with Crippen molar-refractivity contribution in [2.75, 3.05) is 99.0 Å². The SMILES string of the molecule is CC(C)OC[C@@H]1C[C@@H](O)CN1C(=O)CCCCCCCCC(=O)NC(COCCC(=O)CCCCCC(=O)CCCCO[C@@H]1OC(CO)[C@H](O)[C@H](O)C1C)(COCCC(=O)CCCCCC(=O)CCCCO[C@@H]1OC(CO)[C@H](O)[C@H](O)C1C)COCCC(=O)NCCCCC(=O)CCCCO[C@@H]1OC(CO)[C@H](O)[C@H](O)C1C. The molecular weight excluding hydrogens is 1460 g/mol. The van der Waals surface area contributed by atoms with Crippen molar-refractivity contribution in [1.82, 2.24) is 15.5 Å². The first kappa shape index (κ1) is 100. The third-order valence-corrected chi connectivity index (χ3v) is 21.4. The van der Waals surface area contributed by atoms with Gasteiger partial charge in [0.15, 0.2) is 18.9 Å². The van der Waals surface area contributed by atoms with E-state index in [1.54, 1.807) is 25.7 Å². The van der Waals surface area contributed by atoms with E-state index in [9.17, 15) is 89.4 Å². The highest BCUT2D eigenvalue weighted by Crippen LogP contribution is 2.31. The third kappa shape index (κ3) is 39.9. The molecule has 17 atom stereocenters. The van der Waals surface area contributed by atoms with Crippen LogP contribution in [0.2, 0.25) is 0 Å². The number of carbonyl (C=O) groups is 8. The summed E-state index contributed by atoms with van der Waals surface area (Å²) in [7, 11) is 0. The highest BCUT2D eigenvalue weighted by molar-refractivity contribution is 5.80. The highest BCUT2D eigenvalue weighted by Gasteiger charge is 2.45. The van der Waals surface area contributed by atoms with Crippen LogP contribution < -0.4 is 10.6 Å². The summed E-state index contributed by atoms with van der Waals surface area (Å²) >= 11 is 0. The number of unbranched alkanes of at least 4 members (excludes halogenated alkanes) is 13. The molecule has 0 bridgehead atoms. The maximum atomic E-state index is 14.1. The van der Waals surface area contributed by atoms with Gasteiger partial charge < -0.3 is 114 Å². The zero-order valence-corrected chi connectivity index (χ0v) is 67.8. The van der Waals surface area contributed by atoms with Crippen LogP contribution in [0, 0.1) is 17.8 Å². The van der Waals surface area contributed by atoms with Crippen molar-refractivity contribution in [3.05, 3.63) is 0 Å². The number of nitrogens with zero attached hydrogens (tertiary/aromatic N) is 1. The van der Waals surface area contributed by atoms with Crippen molar-refractivity contribution < 1.29 is 137 Å². The average molecular weight is 1610 g/mol. The average Bonchev–Trinajstić information content (AvgIpc) is 1.16. The van der Waals surface area contributed by atoms with E-state index < -0.39 is 123 Å². The van der Waals surface area contributed by atoms with E-state index >= 15 is 0 Å². The first-order chi connectivity index (χ1) is 53.7. The van der Waals surface area contributed by atoms with Gasteiger partial charge in [-0.3, -0.25) is 38.4 Å². The Morgan fingerprint density at radius 1 is 0.402 bits per heavy atom. The minimum atomic E-state index is -1.34. The molecule has 31 heteroatoms. The molecule has 0 saturated carbocycles. The van der Waals surface area contributed by atoms with Crippen LogP contribution in [-0.4, -0.2) is 299 Å². The fraction of sp³-hybridized carbons (Fsp3) is 0.901. The van der Waals surface area contributed by atoms with E-state index in [1.165, 1.54) is 0 Å². The second-order valence-corrected chi connectivity index (χ2v) is 31.6. The number of nitrogens with one attached hydrogen (secondary N) is 2. The molecule has 4 rings (SSSR count). The summed E-state index contributed by atoms with van der Waals surface area (Å²) in [5, 5.41) is 106. The van der Waals surface area contributed by atoms with Gasteiger partial charge in [0.05, 0.1) is 103 Å². The Kier molecular flexibility index (Phi) is 51.9. The molecule has 112 heavy (non-hydrogen) atoms. The van der Waals surface area contributed by atoms with Gasteiger partial charge in [0, 0.05) is 134 Å². The number of hydrogen-bond acceptors (Lipinski definition) is 28. The standard InChI is InChI=1S/C81H143N3O28/c1-55(2)109-51-59-46-65(93)47-84(59)71(96)35-17-9-7-6-8-16-34-70(95)83-81(52-103-43-36-63(91)28-14-10-12-26-60(88)31-19-23-40-106-78-56(3)72(97)75(100)66(48-85)110-78,53-104-44-37-64(92)29-15-11-13-27-61(89)32-20-24-41-107-79-57(4)73(98)76(101)67(49-86)111-79)54-105-45-38-69(94)82-39-22-18-30-62(90)33-21-25-42-108-80-58(5)74(99)77(102)68(50-87)112-80/h55-59,65-68,72-80,85-87,93,97-102H,6-54H2,1-5H3,(H,82,94)(H,83,95)/t56?,57?,58?,59-,65+,66?,67?,68?,72+,73+,74+,75-,76-,77-,78+,79+,80+,81?/m0/s1. The largest absolute Gasteiger partial charge is 0.394 e. The molecule has 0 spiro atoms. The number of ether oxygens (including phenoxy) is 10. The summed E-state index contributed by atoms with van der Waals surface area (Å²) in [5.41, 5.74) is -1.34. The molecule has 0 aromatic rings. The fourth-order valence-electron chi connectivity index (χ4n) is 14.1. The van der Waals surface area contributed by atoms with E-state index in [2.05, 4.69) is 10.6 Å². The zero-order chi connectivity index (χ0) is 82.2. The lowest BCUT2D eigenvalue weighted by molar-refractivity contribution is -0.282. The number of rotatable bonds is 66. The summed E-state index contributed by atoms with van der Waals surface area (Å²) in [6, 6.07) is -0.151. The van der Waals surface area contributed by atoms with Crippen molar-refractivity contribution in [3.8, 4) is 0 Å². The van der Waals surface area contributed by atoms with Crippen LogP contribution in [0.15, 0.2) is 0 Å². The molecule has 4 saturated heterocycles. The van der Waals surface area contributed by atoms with Gasteiger partial charge in [0.25, 0.3) is 0 Å². The number of aliphatic hydroxyl groups excluding tert-OH is 10. The van der Waals surface area contributed by atoms with Crippen molar-refractivity contribution in [1.29, 1.82) is 0 Å². The van der Waals surface area contributed by atoms with Crippen LogP contribution in [0.4, 0.5) is 0 Å². The van der Waals surface area contributed by atoms with Gasteiger partial charge in [-0.25, -0.2) is 0 Å². The van der Waals surface area contributed by atoms with E-state index in [1.807, 2.05) is 13.8 Å². The zero-order valence-electron chi connectivity index (χ0n) is 67.8. The predicted molar refractivity (Wildman–Crippen MR) is 410 cm³/mol. The Morgan fingerprint density at radius 3 is 1.12 bits per heavy atom.